The molecule has 10 nitrogen and oxygen atoms in total. The van der Waals surface area contributed by atoms with Crippen molar-refractivity contribution in [3.05, 3.63) is 100 Å². The molecule has 0 unspecified atom stereocenters. The van der Waals surface area contributed by atoms with Crippen LogP contribution in [0, 0.1) is 6.92 Å². The molecule has 41 heavy (non-hydrogen) atoms. The third-order valence-corrected chi connectivity index (χ3v) is 5.85. The van der Waals surface area contributed by atoms with Crippen LogP contribution in [0.4, 0.5) is 5.82 Å². The first-order chi connectivity index (χ1) is 19.8. The summed E-state index contributed by atoms with van der Waals surface area (Å²) in [6, 6.07) is 19.5. The molecule has 0 bridgehead atoms. The van der Waals surface area contributed by atoms with Crippen LogP contribution in [0.1, 0.15) is 37.0 Å². The minimum Gasteiger partial charge on any atom is -0.497 e. The smallest absolute Gasteiger partial charge is 0.259 e. The molecule has 0 atom stereocenters. The van der Waals surface area contributed by atoms with Crippen LogP contribution < -0.4 is 32.4 Å². The van der Waals surface area contributed by atoms with Gasteiger partial charge in [-0.3, -0.25) is 9.59 Å². The van der Waals surface area contributed by atoms with Crippen molar-refractivity contribution in [2.24, 2.45) is 18.5 Å². The molecule has 2 aromatic carbocycles. The molecule has 10 heteroatoms. The number of nitrogens with zero attached hydrogens (tertiary/aromatic N) is 3. The SMILES string of the molecule is CCC.CNc1c(C)c(-c2cc(/C(N)=C/NCc3ccc(OC)cc3)c(=O)n(C)c2)nn1-c1ccccc1.NC=O. The number of carbonyl (C=O) groups is 1. The van der Waals surface area contributed by atoms with Gasteiger partial charge in [-0.05, 0) is 42.8 Å². The Bertz CT molecular complexity index is 1470. The Hall–Kier alpha value is -4.99. The molecule has 1 amide bonds. The van der Waals surface area contributed by atoms with Gasteiger partial charge in [0, 0.05) is 44.2 Å². The van der Waals surface area contributed by atoms with E-state index in [1.165, 1.54) is 11.0 Å². The number of anilines is 1. The first-order valence-corrected chi connectivity index (χ1v) is 13.3. The van der Waals surface area contributed by atoms with Gasteiger partial charge in [-0.25, -0.2) is 4.68 Å². The van der Waals surface area contributed by atoms with Crippen molar-refractivity contribution < 1.29 is 9.53 Å². The Morgan fingerprint density at radius 1 is 1.10 bits per heavy atom. The topological polar surface area (TPSA) is 142 Å². The van der Waals surface area contributed by atoms with Crippen LogP contribution in [-0.2, 0) is 18.4 Å². The maximum atomic E-state index is 12.9. The van der Waals surface area contributed by atoms with Crippen molar-refractivity contribution in [3.8, 4) is 22.7 Å². The number of primary amides is 1. The summed E-state index contributed by atoms with van der Waals surface area (Å²) < 4.78 is 8.59. The molecule has 0 saturated carbocycles. The number of ether oxygens (including phenoxy) is 1. The van der Waals surface area contributed by atoms with Crippen molar-refractivity contribution in [2.45, 2.75) is 33.7 Å². The average Bonchev–Trinajstić information content (AvgIpc) is 3.32. The van der Waals surface area contributed by atoms with Crippen molar-refractivity contribution in [2.75, 3.05) is 19.5 Å². The molecule has 0 radical (unpaired) electrons. The molecule has 2 heterocycles. The van der Waals surface area contributed by atoms with Crippen molar-refractivity contribution in [1.29, 1.82) is 0 Å². The van der Waals surface area contributed by atoms with Gasteiger partial charge in [-0.1, -0.05) is 50.6 Å². The number of aryl methyl sites for hydroxylation is 1. The number of nitrogens with one attached hydrogen (secondary N) is 2. The Kier molecular flexibility index (Phi) is 12.7. The van der Waals surface area contributed by atoms with Gasteiger partial charge < -0.3 is 31.4 Å². The Balaban J connectivity index is 0.000000901. The number of benzene rings is 2. The lowest BCUT2D eigenvalue weighted by atomic mass is 10.1. The van der Waals surface area contributed by atoms with E-state index in [2.05, 4.69) is 30.2 Å². The maximum Gasteiger partial charge on any atom is 0.259 e. The molecule has 0 spiro atoms. The number of para-hydroxylation sites is 1. The molecule has 6 N–H and O–H groups in total. The van der Waals surface area contributed by atoms with E-state index >= 15 is 0 Å². The highest BCUT2D eigenvalue weighted by molar-refractivity contribution is 5.73. The zero-order valence-corrected chi connectivity index (χ0v) is 24.6. The first kappa shape index (κ1) is 32.2. The lowest BCUT2D eigenvalue weighted by molar-refractivity contribution is -0.106. The highest BCUT2D eigenvalue weighted by atomic mass is 16.5. The maximum absolute atomic E-state index is 12.9. The van der Waals surface area contributed by atoms with Crippen LogP contribution in [0.2, 0.25) is 0 Å². The number of methoxy groups -OCH3 is 1. The van der Waals surface area contributed by atoms with Crippen LogP contribution in [0.5, 0.6) is 5.75 Å². The highest BCUT2D eigenvalue weighted by Gasteiger charge is 2.18. The Morgan fingerprint density at radius 2 is 1.71 bits per heavy atom. The van der Waals surface area contributed by atoms with Crippen molar-refractivity contribution >= 4 is 17.9 Å². The number of carbonyl (C=O) groups excluding carboxylic acids is 1. The van der Waals surface area contributed by atoms with Gasteiger partial charge in [-0.2, -0.15) is 5.10 Å². The summed E-state index contributed by atoms with van der Waals surface area (Å²) in [5.74, 6) is 1.68. The quantitative estimate of drug-likeness (QED) is 0.237. The van der Waals surface area contributed by atoms with Gasteiger partial charge in [0.2, 0.25) is 6.41 Å². The van der Waals surface area contributed by atoms with Crippen LogP contribution in [0.15, 0.2) is 77.9 Å². The lowest BCUT2D eigenvalue weighted by Gasteiger charge is -2.09. The first-order valence-electron chi connectivity index (χ1n) is 13.3. The molecule has 4 rings (SSSR count). The fourth-order valence-electron chi connectivity index (χ4n) is 3.97. The summed E-state index contributed by atoms with van der Waals surface area (Å²) in [5, 5.41) is 11.3. The second-order valence-electron chi connectivity index (χ2n) is 9.05. The van der Waals surface area contributed by atoms with Crippen LogP contribution in [-0.4, -0.2) is 34.9 Å². The average molecular weight is 560 g/mol. The minimum atomic E-state index is -0.178. The zero-order valence-electron chi connectivity index (χ0n) is 24.6. The van der Waals surface area contributed by atoms with Gasteiger partial charge >= 0.3 is 0 Å². The standard InChI is InChI=1S/C27H30N6O2.C3H8.CH3NO/c1-18-25(31-33(26(18)29-2)21-8-6-5-7-9-21)20-14-23(27(34)32(3)17-20)24(28)16-30-15-19-10-12-22(35-4)13-11-19;1-3-2;2-1-3/h5-14,16-17,29-30H,15,28H2,1-4H3;3H2,1-2H3;1H,(H2,2,3)/b24-16-;;. The Morgan fingerprint density at radius 3 is 2.27 bits per heavy atom. The van der Waals surface area contributed by atoms with Crippen molar-refractivity contribution in [1.82, 2.24) is 19.7 Å². The number of nitrogens with two attached hydrogens (primary N) is 2. The second kappa shape index (κ2) is 16.2. The molecular weight excluding hydrogens is 518 g/mol. The van der Waals surface area contributed by atoms with E-state index in [0.29, 0.717) is 17.8 Å². The molecule has 0 saturated heterocycles. The second-order valence-corrected chi connectivity index (χ2v) is 9.05. The van der Waals surface area contributed by atoms with E-state index < -0.39 is 0 Å². The molecule has 0 aliphatic heterocycles. The monoisotopic (exact) mass is 559 g/mol. The Labute approximate surface area is 241 Å². The third kappa shape index (κ3) is 8.50. The summed E-state index contributed by atoms with van der Waals surface area (Å²) in [4.78, 5) is 21.5. The van der Waals surface area contributed by atoms with E-state index in [1.54, 1.807) is 32.6 Å². The summed E-state index contributed by atoms with van der Waals surface area (Å²) in [7, 11) is 5.23. The van der Waals surface area contributed by atoms with Crippen LogP contribution in [0.25, 0.3) is 22.6 Å². The van der Waals surface area contributed by atoms with E-state index in [1.807, 2.05) is 73.3 Å². The number of rotatable bonds is 8. The molecule has 218 valence electrons. The van der Waals surface area contributed by atoms with Crippen LogP contribution >= 0.6 is 0 Å². The molecule has 2 aromatic heterocycles. The van der Waals surface area contributed by atoms with Gasteiger partial charge in [-0.15, -0.1) is 0 Å². The molecule has 0 aliphatic carbocycles. The number of amides is 1. The van der Waals surface area contributed by atoms with Gasteiger partial charge in [0.15, 0.2) is 0 Å². The lowest BCUT2D eigenvalue weighted by Crippen LogP contribution is -2.23. The predicted octanol–water partition coefficient (Wildman–Crippen LogP) is 4.16. The van der Waals surface area contributed by atoms with Gasteiger partial charge in [0.1, 0.15) is 11.6 Å². The largest absolute Gasteiger partial charge is 0.497 e. The normalized spacial score (nSPS) is 10.4. The summed E-state index contributed by atoms with van der Waals surface area (Å²) in [6.45, 7) is 6.82. The highest BCUT2D eigenvalue weighted by Crippen LogP contribution is 2.30. The number of pyridine rings is 1. The summed E-state index contributed by atoms with van der Waals surface area (Å²) in [5.41, 5.74) is 15.7. The number of hydrogen-bond acceptors (Lipinski definition) is 7. The fourth-order valence-corrected chi connectivity index (χ4v) is 3.97. The minimum absolute atomic E-state index is 0.178. The third-order valence-electron chi connectivity index (χ3n) is 5.85. The zero-order chi connectivity index (χ0) is 30.4. The van der Waals surface area contributed by atoms with Crippen molar-refractivity contribution in [3.63, 3.8) is 0 Å². The van der Waals surface area contributed by atoms with E-state index in [4.69, 9.17) is 20.4 Å². The molecule has 4 aromatic rings. The summed E-state index contributed by atoms with van der Waals surface area (Å²) >= 11 is 0. The fraction of sp³-hybridized carbons (Fsp3) is 0.258. The summed E-state index contributed by atoms with van der Waals surface area (Å²) in [6.07, 6.45) is 4.95. The van der Waals surface area contributed by atoms with E-state index in [-0.39, 0.29) is 12.0 Å². The molecule has 0 fully saturated rings. The number of aromatic nitrogens is 3. The van der Waals surface area contributed by atoms with E-state index in [9.17, 15) is 4.79 Å². The number of hydrogen-bond donors (Lipinski definition) is 4. The molecule has 0 aliphatic rings. The van der Waals surface area contributed by atoms with E-state index in [0.717, 1.165) is 39.6 Å². The van der Waals surface area contributed by atoms with Crippen LogP contribution in [0.3, 0.4) is 0 Å². The predicted molar refractivity (Wildman–Crippen MR) is 167 cm³/mol. The molecular formula is C31H41N7O3. The van der Waals surface area contributed by atoms with Gasteiger partial charge in [0.25, 0.3) is 5.56 Å². The van der Waals surface area contributed by atoms with Gasteiger partial charge in [0.05, 0.1) is 29.8 Å².